The number of aliphatic carboxylic acids is 1. The standard InChI is InChI=1S/C14H20ClNO3/c1-3-14(4-2,13(17)18)16-9-10-19-12-8-6-5-7-11(12)15/h5-8,16H,3-4,9-10H2,1-2H3,(H,17,18). The highest BCUT2D eigenvalue weighted by molar-refractivity contribution is 6.32. The average molecular weight is 286 g/mol. The Bertz CT molecular complexity index is 419. The second kappa shape index (κ2) is 7.36. The van der Waals surface area contributed by atoms with Gasteiger partial charge in [0.25, 0.3) is 0 Å². The smallest absolute Gasteiger partial charge is 0.323 e. The molecule has 2 N–H and O–H groups in total. The van der Waals surface area contributed by atoms with E-state index in [1.807, 2.05) is 26.0 Å². The van der Waals surface area contributed by atoms with Crippen LogP contribution in [0, 0.1) is 0 Å². The molecule has 0 atom stereocenters. The molecule has 0 unspecified atom stereocenters. The van der Waals surface area contributed by atoms with Crippen LogP contribution in [0.2, 0.25) is 5.02 Å². The van der Waals surface area contributed by atoms with Crippen molar-refractivity contribution in [2.75, 3.05) is 13.2 Å². The van der Waals surface area contributed by atoms with E-state index in [1.165, 1.54) is 0 Å². The van der Waals surface area contributed by atoms with Crippen LogP contribution in [0.3, 0.4) is 0 Å². The summed E-state index contributed by atoms with van der Waals surface area (Å²) in [4.78, 5) is 11.3. The Morgan fingerprint density at radius 2 is 2.00 bits per heavy atom. The number of rotatable bonds is 8. The van der Waals surface area contributed by atoms with Crippen LogP contribution in [0.25, 0.3) is 0 Å². The lowest BCUT2D eigenvalue weighted by Gasteiger charge is -2.28. The lowest BCUT2D eigenvalue weighted by molar-refractivity contribution is -0.145. The Morgan fingerprint density at radius 1 is 1.37 bits per heavy atom. The van der Waals surface area contributed by atoms with Gasteiger partial charge in [0, 0.05) is 6.54 Å². The monoisotopic (exact) mass is 285 g/mol. The van der Waals surface area contributed by atoms with Gasteiger partial charge in [0.1, 0.15) is 17.9 Å². The van der Waals surface area contributed by atoms with Gasteiger partial charge in [-0.1, -0.05) is 37.6 Å². The van der Waals surface area contributed by atoms with Crippen LogP contribution in [0.15, 0.2) is 24.3 Å². The predicted octanol–water partition coefficient (Wildman–Crippen LogP) is 2.95. The van der Waals surface area contributed by atoms with E-state index in [-0.39, 0.29) is 0 Å². The number of nitrogens with one attached hydrogen (secondary N) is 1. The van der Waals surface area contributed by atoms with Crippen LogP contribution in [0.4, 0.5) is 0 Å². The third kappa shape index (κ3) is 4.11. The van der Waals surface area contributed by atoms with E-state index in [2.05, 4.69) is 5.32 Å². The molecule has 0 radical (unpaired) electrons. The number of hydrogen-bond donors (Lipinski definition) is 2. The van der Waals surface area contributed by atoms with Gasteiger partial charge in [-0.05, 0) is 25.0 Å². The van der Waals surface area contributed by atoms with Gasteiger partial charge in [0.2, 0.25) is 0 Å². The van der Waals surface area contributed by atoms with Crippen molar-refractivity contribution in [1.82, 2.24) is 5.32 Å². The van der Waals surface area contributed by atoms with Crippen molar-refractivity contribution >= 4 is 17.6 Å². The topological polar surface area (TPSA) is 58.6 Å². The van der Waals surface area contributed by atoms with Gasteiger partial charge < -0.3 is 9.84 Å². The molecule has 1 aromatic carbocycles. The number of halogens is 1. The lowest BCUT2D eigenvalue weighted by atomic mass is 9.93. The quantitative estimate of drug-likeness (QED) is 0.721. The van der Waals surface area contributed by atoms with Crippen molar-refractivity contribution in [1.29, 1.82) is 0 Å². The molecule has 0 amide bonds. The van der Waals surface area contributed by atoms with E-state index in [9.17, 15) is 9.90 Å². The molecule has 0 aliphatic rings. The summed E-state index contributed by atoms with van der Waals surface area (Å²) in [6.45, 7) is 4.55. The van der Waals surface area contributed by atoms with Crippen LogP contribution < -0.4 is 10.1 Å². The number of carboxylic acid groups (broad SMARTS) is 1. The summed E-state index contributed by atoms with van der Waals surface area (Å²) in [5.41, 5.74) is -0.871. The second-order valence-corrected chi connectivity index (χ2v) is 4.71. The van der Waals surface area contributed by atoms with Gasteiger partial charge in [-0.3, -0.25) is 10.1 Å². The summed E-state index contributed by atoms with van der Waals surface area (Å²) in [5, 5.41) is 12.9. The molecule has 4 nitrogen and oxygen atoms in total. The van der Waals surface area contributed by atoms with Gasteiger partial charge in [-0.15, -0.1) is 0 Å². The maximum atomic E-state index is 11.3. The molecule has 0 saturated carbocycles. The van der Waals surface area contributed by atoms with Crippen molar-refractivity contribution < 1.29 is 14.6 Å². The summed E-state index contributed by atoms with van der Waals surface area (Å²) < 4.78 is 5.51. The minimum absolute atomic E-state index is 0.374. The van der Waals surface area contributed by atoms with Crippen LogP contribution in [-0.4, -0.2) is 29.8 Å². The van der Waals surface area contributed by atoms with E-state index >= 15 is 0 Å². The maximum Gasteiger partial charge on any atom is 0.323 e. The van der Waals surface area contributed by atoms with E-state index in [1.54, 1.807) is 12.1 Å². The van der Waals surface area contributed by atoms with Gasteiger partial charge >= 0.3 is 5.97 Å². The van der Waals surface area contributed by atoms with Crippen LogP contribution in [-0.2, 0) is 4.79 Å². The number of para-hydroxylation sites is 1. The molecular weight excluding hydrogens is 266 g/mol. The zero-order valence-corrected chi connectivity index (χ0v) is 12.0. The van der Waals surface area contributed by atoms with Crippen molar-refractivity contribution in [3.63, 3.8) is 0 Å². The highest BCUT2D eigenvalue weighted by Gasteiger charge is 2.33. The third-order valence-electron chi connectivity index (χ3n) is 3.28. The summed E-state index contributed by atoms with van der Waals surface area (Å²) in [6.07, 6.45) is 1.07. The Hall–Kier alpha value is -1.26. The second-order valence-electron chi connectivity index (χ2n) is 4.30. The fraction of sp³-hybridized carbons (Fsp3) is 0.500. The van der Waals surface area contributed by atoms with Gasteiger partial charge in [-0.2, -0.15) is 0 Å². The lowest BCUT2D eigenvalue weighted by Crippen LogP contribution is -2.52. The van der Waals surface area contributed by atoms with Crippen molar-refractivity contribution in [2.45, 2.75) is 32.2 Å². The van der Waals surface area contributed by atoms with E-state index < -0.39 is 11.5 Å². The maximum absolute atomic E-state index is 11.3. The Labute approximate surface area is 118 Å². The van der Waals surface area contributed by atoms with Crippen molar-refractivity contribution in [3.05, 3.63) is 29.3 Å². The fourth-order valence-electron chi connectivity index (χ4n) is 1.89. The Morgan fingerprint density at radius 3 is 2.53 bits per heavy atom. The van der Waals surface area contributed by atoms with E-state index in [4.69, 9.17) is 16.3 Å². The van der Waals surface area contributed by atoms with Crippen LogP contribution in [0.5, 0.6) is 5.75 Å². The molecule has 0 aliphatic carbocycles. The molecule has 1 rings (SSSR count). The summed E-state index contributed by atoms with van der Waals surface area (Å²) in [7, 11) is 0. The molecule has 0 saturated heterocycles. The first-order valence-corrected chi connectivity index (χ1v) is 6.79. The first-order valence-electron chi connectivity index (χ1n) is 6.41. The molecule has 1 aromatic rings. The summed E-state index contributed by atoms with van der Waals surface area (Å²) >= 11 is 5.96. The molecule has 0 fully saturated rings. The number of carboxylic acids is 1. The number of hydrogen-bond acceptors (Lipinski definition) is 3. The molecule has 106 valence electrons. The van der Waals surface area contributed by atoms with Gasteiger partial charge in [0.15, 0.2) is 0 Å². The van der Waals surface area contributed by atoms with Gasteiger partial charge in [0.05, 0.1) is 5.02 Å². The Balaban J connectivity index is 2.46. The third-order valence-corrected chi connectivity index (χ3v) is 3.59. The zero-order chi connectivity index (χ0) is 14.3. The van der Waals surface area contributed by atoms with E-state index in [0.717, 1.165) is 0 Å². The molecule has 0 aliphatic heterocycles. The van der Waals surface area contributed by atoms with Crippen molar-refractivity contribution in [2.24, 2.45) is 0 Å². The molecule has 5 heteroatoms. The van der Waals surface area contributed by atoms with Crippen molar-refractivity contribution in [3.8, 4) is 5.75 Å². The summed E-state index contributed by atoms with van der Waals surface area (Å²) in [5.74, 6) is -0.213. The predicted molar refractivity (Wildman–Crippen MR) is 75.9 cm³/mol. The van der Waals surface area contributed by atoms with Gasteiger partial charge in [-0.25, -0.2) is 0 Å². The normalized spacial score (nSPS) is 11.3. The number of ether oxygens (including phenoxy) is 1. The minimum atomic E-state index is -0.871. The zero-order valence-electron chi connectivity index (χ0n) is 11.3. The molecule has 0 spiro atoms. The number of carbonyl (C=O) groups is 1. The Kier molecular flexibility index (Phi) is 6.12. The molecule has 0 heterocycles. The molecule has 0 bridgehead atoms. The molecule has 0 aromatic heterocycles. The number of benzene rings is 1. The fourth-order valence-corrected chi connectivity index (χ4v) is 2.08. The van der Waals surface area contributed by atoms with E-state index in [0.29, 0.717) is 36.8 Å². The SMILES string of the molecule is CCC(CC)(NCCOc1ccccc1Cl)C(=O)O. The van der Waals surface area contributed by atoms with Crippen LogP contribution in [0.1, 0.15) is 26.7 Å². The highest BCUT2D eigenvalue weighted by atomic mass is 35.5. The first-order chi connectivity index (χ1) is 9.05. The minimum Gasteiger partial charge on any atom is -0.491 e. The summed E-state index contributed by atoms with van der Waals surface area (Å²) in [6, 6.07) is 7.21. The van der Waals surface area contributed by atoms with Crippen LogP contribution >= 0.6 is 11.6 Å². The first kappa shape index (κ1) is 15.8. The largest absolute Gasteiger partial charge is 0.491 e. The molecular formula is C14H20ClNO3. The molecule has 19 heavy (non-hydrogen) atoms. The highest BCUT2D eigenvalue weighted by Crippen LogP contribution is 2.23. The average Bonchev–Trinajstić information content (AvgIpc) is 2.41.